The topological polar surface area (TPSA) is 66.5 Å². The van der Waals surface area contributed by atoms with Crippen LogP contribution in [-0.2, 0) is 10.0 Å². The van der Waals surface area contributed by atoms with Crippen molar-refractivity contribution in [3.05, 3.63) is 100 Å². The Labute approximate surface area is 194 Å². The summed E-state index contributed by atoms with van der Waals surface area (Å²) < 4.78 is 27.5. The first-order valence-electron chi connectivity index (χ1n) is 10.6. The van der Waals surface area contributed by atoms with Gasteiger partial charge in [0.1, 0.15) is 4.90 Å². The van der Waals surface area contributed by atoms with Crippen LogP contribution in [0.15, 0.2) is 77.7 Å². The van der Waals surface area contributed by atoms with Crippen LogP contribution in [0.3, 0.4) is 0 Å². The summed E-state index contributed by atoms with van der Waals surface area (Å²) in [6.07, 6.45) is 1.65. The van der Waals surface area contributed by atoms with Gasteiger partial charge in [-0.2, -0.15) is 4.31 Å². The Hall–Kier alpha value is -2.67. The number of rotatable bonds is 6. The molecule has 1 atom stereocenters. The Balaban J connectivity index is 1.66. The van der Waals surface area contributed by atoms with Crippen molar-refractivity contribution in [3.63, 3.8) is 0 Å². The molecular formula is C25H25ClN2O3S. The molecule has 1 aliphatic heterocycles. The van der Waals surface area contributed by atoms with Crippen LogP contribution >= 0.6 is 11.6 Å². The zero-order valence-electron chi connectivity index (χ0n) is 17.8. The van der Waals surface area contributed by atoms with Crippen molar-refractivity contribution in [2.45, 2.75) is 30.7 Å². The fraction of sp³-hybridized carbons (Fsp3) is 0.240. The average Bonchev–Trinajstić information content (AvgIpc) is 3.35. The average molecular weight is 469 g/mol. The second kappa shape index (κ2) is 9.45. The van der Waals surface area contributed by atoms with Crippen LogP contribution in [0.25, 0.3) is 0 Å². The van der Waals surface area contributed by atoms with Gasteiger partial charge in [0.2, 0.25) is 10.0 Å². The standard InChI is InChI=1S/C25H25ClN2O3S/c1-18-9-11-20(12-10-18)24(19-7-3-2-4-8-19)27-25(29)21-13-14-22(26)23(17-21)32(30,31)28-15-5-6-16-28/h2-4,7-14,17,24H,5-6,15-16H2,1H3,(H,27,29). The second-order valence-corrected chi connectivity index (χ2v) is 10.3. The third kappa shape index (κ3) is 4.72. The molecule has 0 saturated carbocycles. The molecule has 4 rings (SSSR count). The minimum Gasteiger partial charge on any atom is -0.341 e. The van der Waals surface area contributed by atoms with E-state index in [1.54, 1.807) is 6.07 Å². The summed E-state index contributed by atoms with van der Waals surface area (Å²) in [7, 11) is -3.74. The molecule has 0 radical (unpaired) electrons. The number of nitrogens with zero attached hydrogens (tertiary/aromatic N) is 1. The minimum atomic E-state index is -3.74. The highest BCUT2D eigenvalue weighted by molar-refractivity contribution is 7.89. The summed E-state index contributed by atoms with van der Waals surface area (Å²) in [6.45, 7) is 2.95. The molecule has 3 aromatic rings. The van der Waals surface area contributed by atoms with Crippen molar-refractivity contribution < 1.29 is 13.2 Å². The van der Waals surface area contributed by atoms with Gasteiger partial charge in [-0.25, -0.2) is 8.42 Å². The molecule has 32 heavy (non-hydrogen) atoms. The number of carbonyl (C=O) groups is 1. The maximum atomic E-state index is 13.2. The van der Waals surface area contributed by atoms with Gasteiger partial charge in [-0.05, 0) is 49.1 Å². The zero-order chi connectivity index (χ0) is 22.7. The lowest BCUT2D eigenvalue weighted by atomic mass is 9.97. The van der Waals surface area contributed by atoms with Crippen LogP contribution in [0.2, 0.25) is 5.02 Å². The van der Waals surface area contributed by atoms with E-state index in [0.29, 0.717) is 13.1 Å². The van der Waals surface area contributed by atoms with Gasteiger partial charge >= 0.3 is 0 Å². The molecule has 1 amide bonds. The molecule has 1 N–H and O–H groups in total. The molecule has 0 spiro atoms. The van der Waals surface area contributed by atoms with Gasteiger partial charge in [0.05, 0.1) is 11.1 Å². The van der Waals surface area contributed by atoms with Crippen LogP contribution < -0.4 is 5.32 Å². The Morgan fingerprint density at radius 2 is 1.56 bits per heavy atom. The highest BCUT2D eigenvalue weighted by atomic mass is 35.5. The van der Waals surface area contributed by atoms with Gasteiger partial charge in [0.25, 0.3) is 5.91 Å². The van der Waals surface area contributed by atoms with E-state index >= 15 is 0 Å². The predicted octanol–water partition coefficient (Wildman–Crippen LogP) is 4.95. The van der Waals surface area contributed by atoms with Crippen molar-refractivity contribution in [1.82, 2.24) is 9.62 Å². The first-order chi connectivity index (χ1) is 15.4. The Morgan fingerprint density at radius 3 is 2.22 bits per heavy atom. The first kappa shape index (κ1) is 22.5. The fourth-order valence-electron chi connectivity index (χ4n) is 3.89. The van der Waals surface area contributed by atoms with E-state index in [9.17, 15) is 13.2 Å². The third-order valence-corrected chi connectivity index (χ3v) is 8.08. The molecule has 7 heteroatoms. The number of carbonyl (C=O) groups excluding carboxylic acids is 1. The van der Waals surface area contributed by atoms with Gasteiger partial charge in [-0.3, -0.25) is 4.79 Å². The maximum Gasteiger partial charge on any atom is 0.252 e. The minimum absolute atomic E-state index is 0.0275. The van der Waals surface area contributed by atoms with E-state index in [2.05, 4.69) is 5.32 Å². The third-order valence-electron chi connectivity index (χ3n) is 5.70. The number of sulfonamides is 1. The number of nitrogens with one attached hydrogen (secondary N) is 1. The van der Waals surface area contributed by atoms with Gasteiger partial charge < -0.3 is 5.32 Å². The molecule has 166 valence electrons. The number of amides is 1. The van der Waals surface area contributed by atoms with Crippen molar-refractivity contribution in [2.24, 2.45) is 0 Å². The number of halogens is 1. The smallest absolute Gasteiger partial charge is 0.252 e. The first-order valence-corrected chi connectivity index (χ1v) is 12.4. The van der Waals surface area contributed by atoms with Crippen molar-refractivity contribution in [3.8, 4) is 0 Å². The molecule has 3 aromatic carbocycles. The Kier molecular flexibility index (Phi) is 6.65. The molecule has 0 aliphatic carbocycles. The normalized spacial score (nSPS) is 15.4. The number of hydrogen-bond donors (Lipinski definition) is 1. The molecular weight excluding hydrogens is 444 g/mol. The largest absolute Gasteiger partial charge is 0.341 e. The molecule has 5 nitrogen and oxygen atoms in total. The van der Waals surface area contributed by atoms with Gasteiger partial charge in [-0.15, -0.1) is 0 Å². The summed E-state index contributed by atoms with van der Waals surface area (Å²) in [4.78, 5) is 13.2. The molecule has 0 aromatic heterocycles. The van der Waals surface area contributed by atoms with E-state index in [1.165, 1.54) is 16.4 Å². The zero-order valence-corrected chi connectivity index (χ0v) is 19.4. The lowest BCUT2D eigenvalue weighted by Gasteiger charge is -2.21. The van der Waals surface area contributed by atoms with Gasteiger partial charge in [-0.1, -0.05) is 71.8 Å². The number of hydrogen-bond acceptors (Lipinski definition) is 3. The lowest BCUT2D eigenvalue weighted by molar-refractivity contribution is 0.0942. The molecule has 1 unspecified atom stereocenters. The van der Waals surface area contributed by atoms with E-state index < -0.39 is 10.0 Å². The van der Waals surface area contributed by atoms with Crippen LogP contribution in [-0.4, -0.2) is 31.7 Å². The lowest BCUT2D eigenvalue weighted by Crippen LogP contribution is -2.30. The van der Waals surface area contributed by atoms with Crippen LogP contribution in [0.5, 0.6) is 0 Å². The number of benzene rings is 3. The molecule has 1 aliphatic rings. The van der Waals surface area contributed by atoms with Crippen molar-refractivity contribution >= 4 is 27.5 Å². The molecule has 0 bridgehead atoms. The molecule has 1 fully saturated rings. The SMILES string of the molecule is Cc1ccc(C(NC(=O)c2ccc(Cl)c(S(=O)(=O)N3CCCC3)c2)c2ccccc2)cc1. The van der Waals surface area contributed by atoms with Gasteiger partial charge in [0, 0.05) is 18.7 Å². The summed E-state index contributed by atoms with van der Waals surface area (Å²) in [5.74, 6) is -0.367. The van der Waals surface area contributed by atoms with Crippen LogP contribution in [0, 0.1) is 6.92 Å². The highest BCUT2D eigenvalue weighted by Crippen LogP contribution is 2.29. The van der Waals surface area contributed by atoms with E-state index in [-0.39, 0.29) is 27.4 Å². The maximum absolute atomic E-state index is 13.2. The predicted molar refractivity (Wildman–Crippen MR) is 126 cm³/mol. The summed E-state index contributed by atoms with van der Waals surface area (Å²) in [5, 5.41) is 3.18. The van der Waals surface area contributed by atoms with Crippen molar-refractivity contribution in [2.75, 3.05) is 13.1 Å². The van der Waals surface area contributed by atoms with Crippen LogP contribution in [0.1, 0.15) is 45.9 Å². The monoisotopic (exact) mass is 468 g/mol. The Bertz CT molecular complexity index is 1210. The quantitative estimate of drug-likeness (QED) is 0.556. The molecule has 1 saturated heterocycles. The number of aryl methyl sites for hydroxylation is 1. The summed E-state index contributed by atoms with van der Waals surface area (Å²) >= 11 is 6.24. The molecule has 1 heterocycles. The van der Waals surface area contributed by atoms with Crippen molar-refractivity contribution in [1.29, 1.82) is 0 Å². The highest BCUT2D eigenvalue weighted by Gasteiger charge is 2.30. The van der Waals surface area contributed by atoms with E-state index in [1.807, 2.05) is 61.5 Å². The van der Waals surface area contributed by atoms with Crippen LogP contribution in [0.4, 0.5) is 0 Å². The Morgan fingerprint density at radius 1 is 0.938 bits per heavy atom. The van der Waals surface area contributed by atoms with E-state index in [0.717, 1.165) is 29.5 Å². The second-order valence-electron chi connectivity index (χ2n) is 7.98. The fourth-order valence-corrected chi connectivity index (χ4v) is 5.91. The van der Waals surface area contributed by atoms with Gasteiger partial charge in [0.15, 0.2) is 0 Å². The van der Waals surface area contributed by atoms with E-state index in [4.69, 9.17) is 11.6 Å². The summed E-state index contributed by atoms with van der Waals surface area (Å²) in [5.41, 5.74) is 3.25. The summed E-state index contributed by atoms with van der Waals surface area (Å²) in [6, 6.07) is 21.7.